The Kier molecular flexibility index (Phi) is 2.94. The molecule has 0 saturated carbocycles. The van der Waals surface area contributed by atoms with Gasteiger partial charge in [0.25, 0.3) is 5.24 Å². The molecule has 0 saturated heterocycles. The van der Waals surface area contributed by atoms with Gasteiger partial charge in [0, 0.05) is 0 Å². The molecule has 70 valence electrons. The van der Waals surface area contributed by atoms with Gasteiger partial charge in [-0.25, -0.2) is 0 Å². The lowest BCUT2D eigenvalue weighted by atomic mass is 10.1. The minimum atomic E-state index is -0.477. The van der Waals surface area contributed by atoms with Crippen LogP contribution in [0, 0.1) is 13.8 Å². The molecule has 1 rings (SSSR count). The zero-order valence-corrected chi connectivity index (χ0v) is 8.61. The van der Waals surface area contributed by atoms with E-state index in [4.69, 9.17) is 16.3 Å². The normalized spacial score (nSPS) is 9.85. The molecule has 2 nitrogen and oxygen atoms in total. The highest BCUT2D eigenvalue weighted by atomic mass is 35.5. The van der Waals surface area contributed by atoms with Gasteiger partial charge in [0.1, 0.15) is 5.75 Å². The van der Waals surface area contributed by atoms with E-state index < -0.39 is 5.24 Å². The van der Waals surface area contributed by atoms with Crippen LogP contribution in [0.5, 0.6) is 5.75 Å². The standard InChI is InChI=1S/C10H11ClO2/c1-6-4-7(2)9(10(11)12)8(5-6)13-3/h4-5H,1-3H3. The number of methoxy groups -OCH3 is 1. The van der Waals surface area contributed by atoms with Gasteiger partial charge in [0.05, 0.1) is 12.7 Å². The third-order valence-electron chi connectivity index (χ3n) is 1.86. The molecule has 0 atom stereocenters. The summed E-state index contributed by atoms with van der Waals surface area (Å²) in [6.45, 7) is 3.78. The minimum absolute atomic E-state index is 0.453. The summed E-state index contributed by atoms with van der Waals surface area (Å²) < 4.78 is 5.06. The molecule has 0 N–H and O–H groups in total. The highest BCUT2D eigenvalue weighted by Gasteiger charge is 2.13. The van der Waals surface area contributed by atoms with Crippen molar-refractivity contribution in [2.45, 2.75) is 13.8 Å². The quantitative estimate of drug-likeness (QED) is 0.683. The van der Waals surface area contributed by atoms with E-state index in [1.807, 2.05) is 19.9 Å². The molecule has 0 aromatic heterocycles. The van der Waals surface area contributed by atoms with Crippen LogP contribution in [0.4, 0.5) is 0 Å². The molecule has 0 bridgehead atoms. The molecule has 0 heterocycles. The van der Waals surface area contributed by atoms with Crippen molar-refractivity contribution in [1.82, 2.24) is 0 Å². The second-order valence-electron chi connectivity index (χ2n) is 2.93. The zero-order valence-electron chi connectivity index (χ0n) is 7.85. The molecule has 0 fully saturated rings. The SMILES string of the molecule is COc1cc(C)cc(C)c1C(=O)Cl. The van der Waals surface area contributed by atoms with Crippen molar-refractivity contribution in [3.63, 3.8) is 0 Å². The Morgan fingerprint density at radius 2 is 2.00 bits per heavy atom. The number of hydrogen-bond acceptors (Lipinski definition) is 2. The smallest absolute Gasteiger partial charge is 0.256 e. The molecule has 3 heteroatoms. The van der Waals surface area contributed by atoms with E-state index in [9.17, 15) is 4.79 Å². The molecule has 0 aliphatic heterocycles. The second-order valence-corrected chi connectivity index (χ2v) is 3.28. The van der Waals surface area contributed by atoms with Crippen LogP contribution >= 0.6 is 11.6 Å². The maximum absolute atomic E-state index is 11.0. The van der Waals surface area contributed by atoms with Crippen molar-refractivity contribution in [2.75, 3.05) is 7.11 Å². The maximum atomic E-state index is 11.0. The van der Waals surface area contributed by atoms with Gasteiger partial charge in [-0.15, -0.1) is 0 Å². The van der Waals surface area contributed by atoms with E-state index in [1.54, 1.807) is 6.07 Å². The number of carbonyl (C=O) groups excluding carboxylic acids is 1. The van der Waals surface area contributed by atoms with Crippen LogP contribution < -0.4 is 4.74 Å². The van der Waals surface area contributed by atoms with Crippen LogP contribution in [0.3, 0.4) is 0 Å². The van der Waals surface area contributed by atoms with Crippen molar-refractivity contribution in [3.8, 4) is 5.75 Å². The van der Waals surface area contributed by atoms with E-state index in [-0.39, 0.29) is 0 Å². The van der Waals surface area contributed by atoms with Crippen LogP contribution in [0.1, 0.15) is 21.5 Å². The van der Waals surface area contributed by atoms with E-state index >= 15 is 0 Å². The molecule has 1 aromatic rings. The van der Waals surface area contributed by atoms with Crippen LogP contribution in [-0.4, -0.2) is 12.4 Å². The third kappa shape index (κ3) is 2.01. The van der Waals surface area contributed by atoms with E-state index in [0.29, 0.717) is 11.3 Å². The topological polar surface area (TPSA) is 26.3 Å². The Hall–Kier alpha value is -1.02. The summed E-state index contributed by atoms with van der Waals surface area (Å²) in [7, 11) is 1.53. The number of carbonyl (C=O) groups is 1. The molecule has 0 spiro atoms. The van der Waals surface area contributed by atoms with Crippen LogP contribution in [-0.2, 0) is 0 Å². The molecular weight excluding hydrogens is 188 g/mol. The lowest BCUT2D eigenvalue weighted by Gasteiger charge is -2.08. The van der Waals surface area contributed by atoms with Crippen LogP contribution in [0.2, 0.25) is 0 Å². The number of aryl methyl sites for hydroxylation is 2. The Morgan fingerprint density at radius 1 is 1.38 bits per heavy atom. The third-order valence-corrected chi connectivity index (χ3v) is 2.05. The average molecular weight is 199 g/mol. The Labute approximate surface area is 82.5 Å². The summed E-state index contributed by atoms with van der Waals surface area (Å²) in [6, 6.07) is 3.70. The van der Waals surface area contributed by atoms with E-state index in [0.717, 1.165) is 11.1 Å². The van der Waals surface area contributed by atoms with Crippen molar-refractivity contribution in [1.29, 1.82) is 0 Å². The summed E-state index contributed by atoms with van der Waals surface area (Å²) in [5.41, 5.74) is 2.35. The number of rotatable bonds is 2. The fourth-order valence-corrected chi connectivity index (χ4v) is 1.58. The Balaban J connectivity index is 3.38. The monoisotopic (exact) mass is 198 g/mol. The number of halogens is 1. The van der Waals surface area contributed by atoms with Crippen LogP contribution in [0.25, 0.3) is 0 Å². The van der Waals surface area contributed by atoms with Gasteiger partial charge in [-0.3, -0.25) is 4.79 Å². The molecule has 0 amide bonds. The number of ether oxygens (including phenoxy) is 1. The van der Waals surface area contributed by atoms with Gasteiger partial charge in [-0.05, 0) is 42.6 Å². The highest BCUT2D eigenvalue weighted by Crippen LogP contribution is 2.25. The van der Waals surface area contributed by atoms with Crippen molar-refractivity contribution >= 4 is 16.8 Å². The first-order chi connectivity index (χ1) is 6.06. The summed E-state index contributed by atoms with van der Waals surface area (Å²) in [4.78, 5) is 11.0. The summed E-state index contributed by atoms with van der Waals surface area (Å²) in [6.07, 6.45) is 0. The van der Waals surface area contributed by atoms with Crippen molar-refractivity contribution in [2.24, 2.45) is 0 Å². The molecule has 1 aromatic carbocycles. The number of hydrogen-bond donors (Lipinski definition) is 0. The molecule has 0 aliphatic carbocycles. The predicted octanol–water partition coefficient (Wildman–Crippen LogP) is 2.69. The van der Waals surface area contributed by atoms with Crippen molar-refractivity contribution in [3.05, 3.63) is 28.8 Å². The molecule has 0 radical (unpaired) electrons. The lowest BCUT2D eigenvalue weighted by molar-refractivity contribution is 0.107. The summed E-state index contributed by atoms with van der Waals surface area (Å²) in [5.74, 6) is 0.539. The number of benzene rings is 1. The molecule has 13 heavy (non-hydrogen) atoms. The first-order valence-electron chi connectivity index (χ1n) is 3.91. The lowest BCUT2D eigenvalue weighted by Crippen LogP contribution is -1.99. The van der Waals surface area contributed by atoms with Gasteiger partial charge in [0.2, 0.25) is 0 Å². The fraction of sp³-hybridized carbons (Fsp3) is 0.300. The predicted molar refractivity (Wildman–Crippen MR) is 52.7 cm³/mol. The average Bonchev–Trinajstić information content (AvgIpc) is 2.01. The largest absolute Gasteiger partial charge is 0.496 e. The van der Waals surface area contributed by atoms with Crippen molar-refractivity contribution < 1.29 is 9.53 Å². The molecule has 0 unspecified atom stereocenters. The summed E-state index contributed by atoms with van der Waals surface area (Å²) in [5, 5.41) is -0.477. The Bertz CT molecular complexity index is 345. The molecular formula is C10H11ClO2. The van der Waals surface area contributed by atoms with Gasteiger partial charge in [-0.1, -0.05) is 6.07 Å². The maximum Gasteiger partial charge on any atom is 0.256 e. The fourth-order valence-electron chi connectivity index (χ4n) is 1.34. The van der Waals surface area contributed by atoms with E-state index in [1.165, 1.54) is 7.11 Å². The van der Waals surface area contributed by atoms with Gasteiger partial charge >= 0.3 is 0 Å². The summed E-state index contributed by atoms with van der Waals surface area (Å²) >= 11 is 5.43. The van der Waals surface area contributed by atoms with E-state index in [2.05, 4.69) is 0 Å². The van der Waals surface area contributed by atoms with Gasteiger partial charge < -0.3 is 4.74 Å². The first-order valence-corrected chi connectivity index (χ1v) is 4.29. The highest BCUT2D eigenvalue weighted by molar-refractivity contribution is 6.68. The second kappa shape index (κ2) is 3.79. The van der Waals surface area contributed by atoms with Crippen LogP contribution in [0.15, 0.2) is 12.1 Å². The zero-order chi connectivity index (χ0) is 10.0. The van der Waals surface area contributed by atoms with Gasteiger partial charge in [0.15, 0.2) is 0 Å². The molecule has 0 aliphatic rings. The Morgan fingerprint density at radius 3 is 2.46 bits per heavy atom. The minimum Gasteiger partial charge on any atom is -0.496 e. The van der Waals surface area contributed by atoms with Gasteiger partial charge in [-0.2, -0.15) is 0 Å². The first kappa shape index (κ1) is 10.1.